The van der Waals surface area contributed by atoms with Gasteiger partial charge in [0, 0.05) is 30.4 Å². The van der Waals surface area contributed by atoms with Crippen LogP contribution in [0.4, 0.5) is 18.9 Å². The number of halogens is 3. The highest BCUT2D eigenvalue weighted by atomic mass is 19.4. The lowest BCUT2D eigenvalue weighted by Crippen LogP contribution is -2.09. The van der Waals surface area contributed by atoms with Gasteiger partial charge in [0.05, 0.1) is 26.5 Å². The Morgan fingerprint density at radius 1 is 1.09 bits per heavy atom. The lowest BCUT2D eigenvalue weighted by molar-refractivity contribution is -0.141. The quantitative estimate of drug-likeness (QED) is 0.880. The molecule has 0 saturated heterocycles. The molecule has 0 bridgehead atoms. The molecule has 0 saturated carbocycles. The minimum absolute atomic E-state index is 0.202. The highest BCUT2D eigenvalue weighted by Crippen LogP contribution is 2.29. The number of anilines is 1. The van der Waals surface area contributed by atoms with E-state index in [1.54, 1.807) is 25.1 Å². The van der Waals surface area contributed by atoms with Gasteiger partial charge in [0.1, 0.15) is 11.5 Å². The van der Waals surface area contributed by atoms with Gasteiger partial charge >= 0.3 is 6.18 Å². The second-order valence-electron chi connectivity index (χ2n) is 4.79. The molecule has 2 rings (SSSR count). The zero-order valence-electron chi connectivity index (χ0n) is 13.1. The summed E-state index contributed by atoms with van der Waals surface area (Å²) in [6.45, 7) is 2.30. The van der Waals surface area contributed by atoms with E-state index in [2.05, 4.69) is 10.4 Å². The van der Waals surface area contributed by atoms with E-state index >= 15 is 0 Å². The number of nitrogens with one attached hydrogen (secondary N) is 1. The Kier molecular flexibility index (Phi) is 5.02. The Morgan fingerprint density at radius 2 is 1.70 bits per heavy atom. The van der Waals surface area contributed by atoms with Gasteiger partial charge in [-0.15, -0.1) is 0 Å². The van der Waals surface area contributed by atoms with Crippen LogP contribution in [0.2, 0.25) is 0 Å². The summed E-state index contributed by atoms with van der Waals surface area (Å²) in [5.74, 6) is 1.18. The Balaban J connectivity index is 2.19. The molecule has 23 heavy (non-hydrogen) atoms. The molecular weight excluding hydrogens is 311 g/mol. The Morgan fingerprint density at radius 3 is 2.17 bits per heavy atom. The minimum Gasteiger partial charge on any atom is -0.497 e. The number of nitrogens with zero attached hydrogens (tertiary/aromatic N) is 2. The van der Waals surface area contributed by atoms with Crippen molar-refractivity contribution in [1.29, 1.82) is 0 Å². The summed E-state index contributed by atoms with van der Waals surface area (Å²) in [6, 6.07) is 6.23. The van der Waals surface area contributed by atoms with E-state index in [4.69, 9.17) is 9.47 Å². The van der Waals surface area contributed by atoms with E-state index < -0.39 is 11.9 Å². The standard InChI is InChI=1S/C15H18F3N3O2/c1-4-21-11(7-14(20-21)15(16,17)18)9-19-10-5-12(22-2)8-13(6-10)23-3/h5-8,19H,4,9H2,1-3H3. The first-order valence-corrected chi connectivity index (χ1v) is 6.98. The highest BCUT2D eigenvalue weighted by molar-refractivity contribution is 5.53. The lowest BCUT2D eigenvalue weighted by atomic mass is 10.2. The fraction of sp³-hybridized carbons (Fsp3) is 0.400. The predicted molar refractivity (Wildman–Crippen MR) is 79.8 cm³/mol. The van der Waals surface area contributed by atoms with Crippen molar-refractivity contribution in [3.8, 4) is 11.5 Å². The number of rotatable bonds is 6. The first-order valence-electron chi connectivity index (χ1n) is 6.98. The Bertz CT molecular complexity index is 646. The van der Waals surface area contributed by atoms with Crippen LogP contribution in [-0.4, -0.2) is 24.0 Å². The summed E-state index contributed by atoms with van der Waals surface area (Å²) >= 11 is 0. The van der Waals surface area contributed by atoms with Crippen molar-refractivity contribution in [2.45, 2.75) is 26.2 Å². The van der Waals surface area contributed by atoms with Gasteiger partial charge in [0.25, 0.3) is 0 Å². The van der Waals surface area contributed by atoms with Gasteiger partial charge in [-0.3, -0.25) is 4.68 Å². The van der Waals surface area contributed by atoms with Crippen LogP contribution in [0.25, 0.3) is 0 Å². The molecule has 0 aliphatic carbocycles. The largest absolute Gasteiger partial charge is 0.497 e. The average Bonchev–Trinajstić information content (AvgIpc) is 2.96. The molecule has 0 aliphatic heterocycles. The van der Waals surface area contributed by atoms with E-state index in [1.165, 1.54) is 18.9 Å². The smallest absolute Gasteiger partial charge is 0.435 e. The molecule has 0 atom stereocenters. The van der Waals surface area contributed by atoms with Crippen molar-refractivity contribution in [3.63, 3.8) is 0 Å². The number of benzene rings is 1. The van der Waals surface area contributed by atoms with Crippen molar-refractivity contribution < 1.29 is 22.6 Å². The molecule has 0 radical (unpaired) electrons. The molecule has 0 amide bonds. The summed E-state index contributed by atoms with van der Waals surface area (Å²) in [5, 5.41) is 6.64. The molecule has 1 aromatic carbocycles. The topological polar surface area (TPSA) is 48.3 Å². The monoisotopic (exact) mass is 329 g/mol. The highest BCUT2D eigenvalue weighted by Gasteiger charge is 2.34. The van der Waals surface area contributed by atoms with Gasteiger partial charge in [-0.05, 0) is 13.0 Å². The van der Waals surface area contributed by atoms with Crippen LogP contribution in [-0.2, 0) is 19.3 Å². The van der Waals surface area contributed by atoms with Crippen LogP contribution < -0.4 is 14.8 Å². The molecule has 5 nitrogen and oxygen atoms in total. The molecule has 2 aromatic rings. The molecule has 0 unspecified atom stereocenters. The molecule has 0 aliphatic rings. The molecule has 1 aromatic heterocycles. The number of hydrogen-bond donors (Lipinski definition) is 1. The van der Waals surface area contributed by atoms with Crippen molar-refractivity contribution in [2.75, 3.05) is 19.5 Å². The minimum atomic E-state index is -4.45. The van der Waals surface area contributed by atoms with Crippen LogP contribution >= 0.6 is 0 Å². The van der Waals surface area contributed by atoms with Crippen molar-refractivity contribution >= 4 is 5.69 Å². The Hall–Kier alpha value is -2.38. The zero-order chi connectivity index (χ0) is 17.0. The summed E-state index contributed by atoms with van der Waals surface area (Å²) in [5.41, 5.74) is 0.236. The third kappa shape index (κ3) is 4.08. The van der Waals surface area contributed by atoms with Gasteiger partial charge in [-0.2, -0.15) is 18.3 Å². The molecule has 0 spiro atoms. The summed E-state index contributed by atoms with van der Waals surface area (Å²) in [7, 11) is 3.06. The fourth-order valence-electron chi connectivity index (χ4n) is 2.11. The maximum atomic E-state index is 12.7. The van der Waals surface area contributed by atoms with Crippen molar-refractivity contribution in [1.82, 2.24) is 9.78 Å². The molecule has 0 fully saturated rings. The van der Waals surface area contributed by atoms with Crippen molar-refractivity contribution in [3.05, 3.63) is 35.7 Å². The van der Waals surface area contributed by atoms with Gasteiger partial charge < -0.3 is 14.8 Å². The third-order valence-electron chi connectivity index (χ3n) is 3.28. The van der Waals surface area contributed by atoms with E-state index in [1.807, 2.05) is 0 Å². The summed E-state index contributed by atoms with van der Waals surface area (Å²) in [4.78, 5) is 0. The van der Waals surface area contributed by atoms with Crippen LogP contribution in [0.5, 0.6) is 11.5 Å². The number of ether oxygens (including phenoxy) is 2. The number of alkyl halides is 3. The number of aryl methyl sites for hydroxylation is 1. The maximum Gasteiger partial charge on any atom is 0.435 e. The van der Waals surface area contributed by atoms with Crippen LogP contribution in [0.15, 0.2) is 24.3 Å². The van der Waals surface area contributed by atoms with Gasteiger partial charge in [-0.1, -0.05) is 0 Å². The van der Waals surface area contributed by atoms with E-state index in [0.717, 1.165) is 6.07 Å². The molecule has 1 N–H and O–H groups in total. The molecule has 8 heteroatoms. The second-order valence-corrected chi connectivity index (χ2v) is 4.79. The van der Waals surface area contributed by atoms with E-state index in [-0.39, 0.29) is 6.54 Å². The zero-order valence-corrected chi connectivity index (χ0v) is 13.1. The number of hydrogen-bond acceptors (Lipinski definition) is 4. The lowest BCUT2D eigenvalue weighted by Gasteiger charge is -2.11. The normalized spacial score (nSPS) is 11.4. The number of methoxy groups -OCH3 is 2. The van der Waals surface area contributed by atoms with E-state index in [0.29, 0.717) is 29.4 Å². The van der Waals surface area contributed by atoms with Gasteiger partial charge in [0.2, 0.25) is 0 Å². The van der Waals surface area contributed by atoms with Crippen molar-refractivity contribution in [2.24, 2.45) is 0 Å². The first-order chi connectivity index (χ1) is 10.9. The summed E-state index contributed by atoms with van der Waals surface area (Å²) in [6.07, 6.45) is -4.45. The van der Waals surface area contributed by atoms with E-state index in [9.17, 15) is 13.2 Å². The summed E-state index contributed by atoms with van der Waals surface area (Å²) < 4.78 is 49.9. The second kappa shape index (κ2) is 6.80. The van der Waals surface area contributed by atoms with Gasteiger partial charge in [0.15, 0.2) is 5.69 Å². The Labute approximate surface area is 132 Å². The predicted octanol–water partition coefficient (Wildman–Crippen LogP) is 3.55. The maximum absolute atomic E-state index is 12.7. The molecular formula is C15H18F3N3O2. The van der Waals surface area contributed by atoms with Crippen LogP contribution in [0.1, 0.15) is 18.3 Å². The fourth-order valence-corrected chi connectivity index (χ4v) is 2.11. The van der Waals surface area contributed by atoms with Crippen LogP contribution in [0.3, 0.4) is 0 Å². The van der Waals surface area contributed by atoms with Crippen LogP contribution in [0, 0.1) is 0 Å². The SMILES string of the molecule is CCn1nc(C(F)(F)F)cc1CNc1cc(OC)cc(OC)c1. The van der Waals surface area contributed by atoms with Gasteiger partial charge in [-0.25, -0.2) is 0 Å². The third-order valence-corrected chi connectivity index (χ3v) is 3.28. The average molecular weight is 329 g/mol. The first kappa shape index (κ1) is 17.0. The molecule has 1 heterocycles. The number of aromatic nitrogens is 2. The molecule has 126 valence electrons.